The van der Waals surface area contributed by atoms with Gasteiger partial charge < -0.3 is 14.2 Å². The predicted molar refractivity (Wildman–Crippen MR) is 71.5 cm³/mol. The van der Waals surface area contributed by atoms with Crippen molar-refractivity contribution >= 4 is 37.8 Å². The fourth-order valence-electron chi connectivity index (χ4n) is 1.39. The van der Waals surface area contributed by atoms with E-state index < -0.39 is 5.97 Å². The van der Waals surface area contributed by atoms with Gasteiger partial charge in [-0.1, -0.05) is 31.9 Å². The second-order valence-electron chi connectivity index (χ2n) is 3.09. The van der Waals surface area contributed by atoms with Crippen LogP contribution in [-0.2, 0) is 4.74 Å². The van der Waals surface area contributed by atoms with E-state index >= 15 is 0 Å². The Hall–Kier alpha value is -0.750. The van der Waals surface area contributed by atoms with Gasteiger partial charge in [-0.05, 0) is 12.1 Å². The van der Waals surface area contributed by atoms with Crippen molar-refractivity contribution in [3.05, 3.63) is 23.3 Å². The van der Waals surface area contributed by atoms with Gasteiger partial charge in [0.25, 0.3) is 0 Å². The number of esters is 1. The molecule has 1 aromatic carbocycles. The van der Waals surface area contributed by atoms with Gasteiger partial charge in [0.15, 0.2) is 0 Å². The first-order valence-electron chi connectivity index (χ1n) is 4.67. The SMILES string of the molecule is COC(=O)c1cc(OC)c(C(Br)Br)c(OC)c1. The fraction of sp³-hybridized carbons (Fsp3) is 0.364. The first kappa shape index (κ1) is 14.3. The average Bonchev–Trinajstić information content (AvgIpc) is 2.35. The molecule has 0 amide bonds. The number of ether oxygens (including phenoxy) is 3. The van der Waals surface area contributed by atoms with Crippen molar-refractivity contribution in [2.45, 2.75) is 3.74 Å². The van der Waals surface area contributed by atoms with Crippen molar-refractivity contribution in [3.8, 4) is 11.5 Å². The minimum absolute atomic E-state index is 0.133. The molecule has 6 heteroatoms. The molecule has 0 fully saturated rings. The zero-order chi connectivity index (χ0) is 13.0. The molecule has 17 heavy (non-hydrogen) atoms. The number of benzene rings is 1. The van der Waals surface area contributed by atoms with Crippen molar-refractivity contribution in [2.24, 2.45) is 0 Å². The third-order valence-corrected chi connectivity index (χ3v) is 3.10. The lowest BCUT2D eigenvalue weighted by Gasteiger charge is -2.15. The molecule has 0 unspecified atom stereocenters. The first-order chi connectivity index (χ1) is 8.04. The topological polar surface area (TPSA) is 44.8 Å². The molecular formula is C11H12Br2O4. The first-order valence-corrected chi connectivity index (χ1v) is 6.50. The lowest BCUT2D eigenvalue weighted by atomic mass is 10.1. The second-order valence-corrected chi connectivity index (χ2v) is 6.15. The summed E-state index contributed by atoms with van der Waals surface area (Å²) in [6.45, 7) is 0. The van der Waals surface area contributed by atoms with E-state index in [-0.39, 0.29) is 3.74 Å². The second kappa shape index (κ2) is 6.26. The molecule has 0 heterocycles. The van der Waals surface area contributed by atoms with Crippen LogP contribution in [0.25, 0.3) is 0 Å². The Morgan fingerprint density at radius 1 is 1.12 bits per heavy atom. The van der Waals surface area contributed by atoms with E-state index in [1.807, 2.05) is 0 Å². The Morgan fingerprint density at radius 3 is 1.88 bits per heavy atom. The number of rotatable bonds is 4. The maximum absolute atomic E-state index is 11.5. The Labute approximate surface area is 116 Å². The van der Waals surface area contributed by atoms with Crippen LogP contribution < -0.4 is 9.47 Å². The normalized spacial score (nSPS) is 10.2. The maximum atomic E-state index is 11.5. The molecule has 1 aromatic rings. The van der Waals surface area contributed by atoms with Gasteiger partial charge in [0.1, 0.15) is 15.2 Å². The van der Waals surface area contributed by atoms with Gasteiger partial charge in [0, 0.05) is 0 Å². The molecule has 0 radical (unpaired) electrons. The van der Waals surface area contributed by atoms with E-state index in [1.165, 1.54) is 21.3 Å². The van der Waals surface area contributed by atoms with Crippen LogP contribution in [0.2, 0.25) is 0 Å². The van der Waals surface area contributed by atoms with Gasteiger partial charge in [-0.25, -0.2) is 4.79 Å². The Bertz CT molecular complexity index is 393. The summed E-state index contributed by atoms with van der Waals surface area (Å²) in [6.07, 6.45) is 0. The Morgan fingerprint density at radius 2 is 1.59 bits per heavy atom. The number of alkyl halides is 2. The van der Waals surface area contributed by atoms with Crippen LogP contribution in [0.1, 0.15) is 19.7 Å². The van der Waals surface area contributed by atoms with Gasteiger partial charge in [0.05, 0.1) is 32.5 Å². The number of hydrogen-bond acceptors (Lipinski definition) is 4. The van der Waals surface area contributed by atoms with Crippen molar-refractivity contribution in [3.63, 3.8) is 0 Å². The van der Waals surface area contributed by atoms with E-state index in [9.17, 15) is 4.79 Å². The zero-order valence-corrected chi connectivity index (χ0v) is 12.8. The highest BCUT2D eigenvalue weighted by Crippen LogP contribution is 2.42. The summed E-state index contributed by atoms with van der Waals surface area (Å²) < 4.78 is 15.0. The van der Waals surface area contributed by atoms with Crippen LogP contribution in [0, 0.1) is 0 Å². The molecular weight excluding hydrogens is 356 g/mol. The van der Waals surface area contributed by atoms with Crippen LogP contribution in [-0.4, -0.2) is 27.3 Å². The average molecular weight is 368 g/mol. The minimum atomic E-state index is -0.436. The molecule has 0 saturated carbocycles. The summed E-state index contributed by atoms with van der Waals surface area (Å²) >= 11 is 6.77. The maximum Gasteiger partial charge on any atom is 0.338 e. The number of carbonyl (C=O) groups is 1. The van der Waals surface area contributed by atoms with Crippen molar-refractivity contribution < 1.29 is 19.0 Å². The number of carbonyl (C=O) groups excluding carboxylic acids is 1. The lowest BCUT2D eigenvalue weighted by molar-refractivity contribution is 0.0600. The number of halogens is 2. The Kier molecular flexibility index (Phi) is 5.27. The molecule has 0 spiro atoms. The van der Waals surface area contributed by atoms with Crippen LogP contribution >= 0.6 is 31.9 Å². The number of methoxy groups -OCH3 is 3. The van der Waals surface area contributed by atoms with Crippen LogP contribution in [0.5, 0.6) is 11.5 Å². The summed E-state index contributed by atoms with van der Waals surface area (Å²) in [5.74, 6) is 0.654. The molecule has 4 nitrogen and oxygen atoms in total. The molecule has 0 aromatic heterocycles. The van der Waals surface area contributed by atoms with Gasteiger partial charge in [0.2, 0.25) is 0 Å². The van der Waals surface area contributed by atoms with Crippen LogP contribution in [0.4, 0.5) is 0 Å². The third kappa shape index (κ3) is 3.13. The summed E-state index contributed by atoms with van der Waals surface area (Å²) in [5, 5.41) is 0. The van der Waals surface area contributed by atoms with E-state index in [2.05, 4.69) is 36.6 Å². The molecule has 0 saturated heterocycles. The summed E-state index contributed by atoms with van der Waals surface area (Å²) in [7, 11) is 4.39. The molecule has 0 aliphatic carbocycles. The quantitative estimate of drug-likeness (QED) is 0.605. The summed E-state index contributed by atoms with van der Waals surface area (Å²) in [5.41, 5.74) is 1.16. The largest absolute Gasteiger partial charge is 0.496 e. The van der Waals surface area contributed by atoms with E-state index in [0.29, 0.717) is 17.1 Å². The van der Waals surface area contributed by atoms with Crippen molar-refractivity contribution in [1.82, 2.24) is 0 Å². The fourth-order valence-corrected chi connectivity index (χ4v) is 2.29. The van der Waals surface area contributed by atoms with Gasteiger partial charge >= 0.3 is 5.97 Å². The van der Waals surface area contributed by atoms with E-state index in [1.54, 1.807) is 12.1 Å². The number of hydrogen-bond donors (Lipinski definition) is 0. The van der Waals surface area contributed by atoms with E-state index in [4.69, 9.17) is 9.47 Å². The summed E-state index contributed by atoms with van der Waals surface area (Å²) in [6, 6.07) is 3.22. The summed E-state index contributed by atoms with van der Waals surface area (Å²) in [4.78, 5) is 11.5. The van der Waals surface area contributed by atoms with Crippen LogP contribution in [0.3, 0.4) is 0 Å². The molecule has 0 aliphatic rings. The highest BCUT2D eigenvalue weighted by molar-refractivity contribution is 9.24. The molecule has 0 bridgehead atoms. The van der Waals surface area contributed by atoms with Gasteiger partial charge in [-0.3, -0.25) is 0 Å². The van der Waals surface area contributed by atoms with Crippen molar-refractivity contribution in [1.29, 1.82) is 0 Å². The molecule has 0 aliphatic heterocycles. The molecule has 0 N–H and O–H groups in total. The standard InChI is InChI=1S/C11H12Br2O4/c1-15-7-4-6(11(14)17-3)5-8(16-2)9(7)10(12)13/h4-5,10H,1-3H3. The van der Waals surface area contributed by atoms with E-state index in [0.717, 1.165) is 5.56 Å². The van der Waals surface area contributed by atoms with Gasteiger partial charge in [-0.2, -0.15) is 0 Å². The zero-order valence-electron chi connectivity index (χ0n) is 9.62. The molecule has 0 atom stereocenters. The smallest absolute Gasteiger partial charge is 0.338 e. The predicted octanol–water partition coefficient (Wildman–Crippen LogP) is 3.28. The highest BCUT2D eigenvalue weighted by Gasteiger charge is 2.20. The Balaban J connectivity index is 3.39. The highest BCUT2D eigenvalue weighted by atomic mass is 79.9. The van der Waals surface area contributed by atoms with Gasteiger partial charge in [-0.15, -0.1) is 0 Å². The lowest BCUT2D eigenvalue weighted by Crippen LogP contribution is -2.04. The minimum Gasteiger partial charge on any atom is -0.496 e. The monoisotopic (exact) mass is 366 g/mol. The third-order valence-electron chi connectivity index (χ3n) is 2.18. The van der Waals surface area contributed by atoms with Crippen molar-refractivity contribution in [2.75, 3.05) is 21.3 Å². The molecule has 1 rings (SSSR count). The molecule has 94 valence electrons. The van der Waals surface area contributed by atoms with Crippen LogP contribution in [0.15, 0.2) is 12.1 Å².